The normalized spacial score (nSPS) is 12.4. The van der Waals surface area contributed by atoms with Crippen LogP contribution in [0.5, 0.6) is 0 Å². The standard InChI is InChI=1S/C16H26N6O2/c1-11(10-14-12(2)20-24-13(14)3)17-16(23)18-15-6-7-22(19-15)9-8-21(4)5/h6-7,11H,8-10H2,1-5H3,(H2,17,18,19,23)/t11-/m0/s1. The number of urea groups is 1. The predicted molar refractivity (Wildman–Crippen MR) is 92.1 cm³/mol. The highest BCUT2D eigenvalue weighted by atomic mass is 16.5. The van der Waals surface area contributed by atoms with Crippen molar-refractivity contribution in [2.45, 2.75) is 39.8 Å². The van der Waals surface area contributed by atoms with Crippen LogP contribution in [0, 0.1) is 13.8 Å². The molecule has 0 unspecified atom stereocenters. The summed E-state index contributed by atoms with van der Waals surface area (Å²) in [4.78, 5) is 14.2. The van der Waals surface area contributed by atoms with Crippen molar-refractivity contribution in [3.05, 3.63) is 29.3 Å². The zero-order valence-electron chi connectivity index (χ0n) is 15.0. The second-order valence-electron chi connectivity index (χ2n) is 6.27. The number of carbonyl (C=O) groups is 1. The van der Waals surface area contributed by atoms with Gasteiger partial charge in [-0.25, -0.2) is 4.79 Å². The summed E-state index contributed by atoms with van der Waals surface area (Å²) < 4.78 is 6.95. The maximum Gasteiger partial charge on any atom is 0.320 e. The topological polar surface area (TPSA) is 88.2 Å². The molecule has 0 saturated heterocycles. The molecule has 24 heavy (non-hydrogen) atoms. The van der Waals surface area contributed by atoms with Crippen molar-refractivity contribution in [3.63, 3.8) is 0 Å². The smallest absolute Gasteiger partial charge is 0.320 e. The zero-order chi connectivity index (χ0) is 17.7. The van der Waals surface area contributed by atoms with Crippen molar-refractivity contribution in [3.8, 4) is 0 Å². The molecule has 2 heterocycles. The Balaban J connectivity index is 1.82. The first kappa shape index (κ1) is 18.0. The van der Waals surface area contributed by atoms with Gasteiger partial charge < -0.3 is 14.7 Å². The van der Waals surface area contributed by atoms with Crippen LogP contribution in [-0.2, 0) is 13.0 Å². The van der Waals surface area contributed by atoms with E-state index in [1.54, 1.807) is 6.07 Å². The van der Waals surface area contributed by atoms with E-state index in [9.17, 15) is 4.79 Å². The van der Waals surface area contributed by atoms with E-state index in [-0.39, 0.29) is 12.1 Å². The highest BCUT2D eigenvalue weighted by Crippen LogP contribution is 2.14. The lowest BCUT2D eigenvalue weighted by molar-refractivity contribution is 0.249. The largest absolute Gasteiger partial charge is 0.361 e. The second-order valence-corrected chi connectivity index (χ2v) is 6.27. The minimum absolute atomic E-state index is 0.0439. The molecule has 8 heteroatoms. The van der Waals surface area contributed by atoms with Gasteiger partial charge in [0, 0.05) is 30.4 Å². The first-order valence-corrected chi connectivity index (χ1v) is 8.02. The van der Waals surface area contributed by atoms with E-state index in [0.717, 1.165) is 30.1 Å². The molecule has 1 atom stereocenters. The number of amides is 2. The number of hydrogen-bond acceptors (Lipinski definition) is 5. The third-order valence-electron chi connectivity index (χ3n) is 3.73. The number of rotatable bonds is 7. The van der Waals surface area contributed by atoms with Crippen LogP contribution in [0.3, 0.4) is 0 Å². The Morgan fingerprint density at radius 3 is 2.79 bits per heavy atom. The molecule has 0 saturated carbocycles. The summed E-state index contributed by atoms with van der Waals surface area (Å²) in [5, 5.41) is 13.9. The van der Waals surface area contributed by atoms with Crippen molar-refractivity contribution in [2.75, 3.05) is 26.0 Å². The molecular formula is C16H26N6O2. The van der Waals surface area contributed by atoms with Gasteiger partial charge in [0.15, 0.2) is 5.82 Å². The molecule has 2 N–H and O–H groups in total. The van der Waals surface area contributed by atoms with Gasteiger partial charge in [-0.05, 0) is 41.3 Å². The molecule has 8 nitrogen and oxygen atoms in total. The molecule has 2 rings (SSSR count). The van der Waals surface area contributed by atoms with Gasteiger partial charge in [-0.3, -0.25) is 10.00 Å². The van der Waals surface area contributed by atoms with E-state index in [4.69, 9.17) is 4.52 Å². The monoisotopic (exact) mass is 334 g/mol. The van der Waals surface area contributed by atoms with Crippen molar-refractivity contribution in [2.24, 2.45) is 0 Å². The number of hydrogen-bond donors (Lipinski definition) is 2. The average molecular weight is 334 g/mol. The Bertz CT molecular complexity index is 656. The molecule has 0 bridgehead atoms. The van der Waals surface area contributed by atoms with Gasteiger partial charge in [0.25, 0.3) is 0 Å². The second kappa shape index (κ2) is 7.96. The van der Waals surface area contributed by atoms with Gasteiger partial charge in [0.2, 0.25) is 0 Å². The Kier molecular flexibility index (Phi) is 5.97. The van der Waals surface area contributed by atoms with Gasteiger partial charge in [-0.15, -0.1) is 0 Å². The van der Waals surface area contributed by atoms with Crippen LogP contribution in [0.25, 0.3) is 0 Å². The number of likely N-dealkylation sites (N-methyl/N-ethyl adjacent to an activating group) is 1. The zero-order valence-corrected chi connectivity index (χ0v) is 15.0. The van der Waals surface area contributed by atoms with Gasteiger partial charge in [0.05, 0.1) is 12.2 Å². The van der Waals surface area contributed by atoms with E-state index < -0.39 is 0 Å². The van der Waals surface area contributed by atoms with E-state index in [1.165, 1.54) is 0 Å². The van der Waals surface area contributed by atoms with E-state index in [2.05, 4.69) is 25.8 Å². The molecule has 0 radical (unpaired) electrons. The van der Waals surface area contributed by atoms with Crippen molar-refractivity contribution >= 4 is 11.8 Å². The van der Waals surface area contributed by atoms with Crippen LogP contribution in [0.4, 0.5) is 10.6 Å². The third kappa shape index (κ3) is 5.09. The van der Waals surface area contributed by atoms with E-state index in [0.29, 0.717) is 12.2 Å². The predicted octanol–water partition coefficient (Wildman–Crippen LogP) is 1.80. The molecule has 2 aromatic heterocycles. The molecule has 0 aromatic carbocycles. The fraction of sp³-hybridized carbons (Fsp3) is 0.562. The lowest BCUT2D eigenvalue weighted by Gasteiger charge is -2.13. The molecule has 0 aliphatic heterocycles. The van der Waals surface area contributed by atoms with Crippen molar-refractivity contribution in [1.82, 2.24) is 25.2 Å². The summed E-state index contributed by atoms with van der Waals surface area (Å²) in [5.74, 6) is 1.33. The Hall–Kier alpha value is -2.35. The molecule has 0 fully saturated rings. The van der Waals surface area contributed by atoms with Gasteiger partial charge in [0.1, 0.15) is 5.76 Å². The molecule has 2 amide bonds. The first-order chi connectivity index (χ1) is 11.3. The van der Waals surface area contributed by atoms with Gasteiger partial charge in [-0.2, -0.15) is 5.10 Å². The number of carbonyl (C=O) groups excluding carboxylic acids is 1. The molecule has 0 aliphatic rings. The quantitative estimate of drug-likeness (QED) is 0.806. The molecule has 0 spiro atoms. The van der Waals surface area contributed by atoms with E-state index >= 15 is 0 Å². The third-order valence-corrected chi connectivity index (χ3v) is 3.73. The summed E-state index contributed by atoms with van der Waals surface area (Å²) in [7, 11) is 4.02. The molecule has 0 aliphatic carbocycles. The Morgan fingerprint density at radius 1 is 1.42 bits per heavy atom. The molecular weight excluding hydrogens is 308 g/mol. The lowest BCUT2D eigenvalue weighted by Crippen LogP contribution is -2.37. The van der Waals surface area contributed by atoms with Crippen molar-refractivity contribution < 1.29 is 9.32 Å². The first-order valence-electron chi connectivity index (χ1n) is 8.02. The average Bonchev–Trinajstić information content (AvgIpc) is 3.06. The van der Waals surface area contributed by atoms with Crippen LogP contribution in [0.15, 0.2) is 16.8 Å². The number of anilines is 1. The summed E-state index contributed by atoms with van der Waals surface area (Å²) in [6.45, 7) is 7.39. The van der Waals surface area contributed by atoms with Gasteiger partial charge >= 0.3 is 6.03 Å². The molecule has 2 aromatic rings. The van der Waals surface area contributed by atoms with Crippen LogP contribution in [-0.4, -0.2) is 52.6 Å². The van der Waals surface area contributed by atoms with Gasteiger partial charge in [-0.1, -0.05) is 5.16 Å². The van der Waals surface area contributed by atoms with Crippen molar-refractivity contribution in [1.29, 1.82) is 0 Å². The number of nitrogens with one attached hydrogen (secondary N) is 2. The minimum Gasteiger partial charge on any atom is -0.361 e. The SMILES string of the molecule is Cc1noc(C)c1C[C@H](C)NC(=O)Nc1ccn(CCN(C)C)n1. The highest BCUT2D eigenvalue weighted by molar-refractivity contribution is 5.88. The highest BCUT2D eigenvalue weighted by Gasteiger charge is 2.15. The van der Waals surface area contributed by atoms with Crippen LogP contribution in [0.1, 0.15) is 23.9 Å². The number of aromatic nitrogens is 3. The fourth-order valence-corrected chi connectivity index (χ4v) is 2.38. The summed E-state index contributed by atoms with van der Waals surface area (Å²) >= 11 is 0. The van der Waals surface area contributed by atoms with E-state index in [1.807, 2.05) is 45.7 Å². The molecule has 132 valence electrons. The number of nitrogens with zero attached hydrogens (tertiary/aromatic N) is 4. The van der Waals surface area contributed by atoms with Crippen LogP contribution >= 0.6 is 0 Å². The van der Waals surface area contributed by atoms with Crippen LogP contribution < -0.4 is 10.6 Å². The fourth-order valence-electron chi connectivity index (χ4n) is 2.38. The summed E-state index contributed by atoms with van der Waals surface area (Å²) in [6.07, 6.45) is 2.53. The lowest BCUT2D eigenvalue weighted by atomic mass is 10.1. The maximum absolute atomic E-state index is 12.1. The Labute approximate surface area is 142 Å². The summed E-state index contributed by atoms with van der Waals surface area (Å²) in [6, 6.07) is 1.47. The maximum atomic E-state index is 12.1. The van der Waals surface area contributed by atoms with Crippen LogP contribution in [0.2, 0.25) is 0 Å². The number of aryl methyl sites for hydroxylation is 2. The summed E-state index contributed by atoms with van der Waals surface area (Å²) in [5.41, 5.74) is 1.90. The minimum atomic E-state index is -0.271. The Morgan fingerprint density at radius 2 is 2.17 bits per heavy atom.